The Balaban J connectivity index is 1.44. The minimum Gasteiger partial charge on any atom is -0.381 e. The van der Waals surface area contributed by atoms with E-state index < -0.39 is 0 Å². The number of pyridine rings is 1. The van der Waals surface area contributed by atoms with Crippen molar-refractivity contribution in [3.63, 3.8) is 0 Å². The molecule has 0 aromatic carbocycles. The summed E-state index contributed by atoms with van der Waals surface area (Å²) in [7, 11) is 0. The van der Waals surface area contributed by atoms with Crippen molar-refractivity contribution in [3.05, 3.63) is 59.6 Å². The van der Waals surface area contributed by atoms with E-state index in [1.54, 1.807) is 12.4 Å². The van der Waals surface area contributed by atoms with E-state index >= 15 is 0 Å². The van der Waals surface area contributed by atoms with Gasteiger partial charge in [0.05, 0.1) is 18.8 Å². The molecule has 1 N–H and O–H groups in total. The first kappa shape index (κ1) is 16.7. The molecule has 1 fully saturated rings. The van der Waals surface area contributed by atoms with Gasteiger partial charge in [0.25, 0.3) is 5.91 Å². The van der Waals surface area contributed by atoms with Crippen molar-refractivity contribution < 1.29 is 9.53 Å². The number of hydrogen-bond acceptors (Lipinski definition) is 5. The molecule has 26 heavy (non-hydrogen) atoms. The molecule has 1 aliphatic rings. The molecule has 1 aliphatic heterocycles. The molecule has 1 saturated heterocycles. The molecular weight excluding hydrogens is 330 g/mol. The van der Waals surface area contributed by atoms with Crippen LogP contribution in [0.5, 0.6) is 0 Å². The van der Waals surface area contributed by atoms with Gasteiger partial charge < -0.3 is 14.5 Å². The third kappa shape index (κ3) is 3.43. The minimum atomic E-state index is -0.214. The first-order valence-electron chi connectivity index (χ1n) is 8.83. The number of amides is 1. The summed E-state index contributed by atoms with van der Waals surface area (Å²) in [5.41, 5.74) is 2.98. The molecule has 0 saturated carbocycles. The highest BCUT2D eigenvalue weighted by Crippen LogP contribution is 2.22. The molecule has 7 nitrogen and oxygen atoms in total. The van der Waals surface area contributed by atoms with Gasteiger partial charge >= 0.3 is 0 Å². The fourth-order valence-electron chi connectivity index (χ4n) is 3.17. The Hall–Kier alpha value is -2.80. The summed E-state index contributed by atoms with van der Waals surface area (Å²) >= 11 is 0. The molecule has 1 atom stereocenters. The van der Waals surface area contributed by atoms with E-state index in [2.05, 4.69) is 20.3 Å². The molecule has 7 heteroatoms. The van der Waals surface area contributed by atoms with Gasteiger partial charge in [0.1, 0.15) is 17.2 Å². The predicted octanol–water partition coefficient (Wildman–Crippen LogP) is 2.26. The van der Waals surface area contributed by atoms with Crippen LogP contribution in [0.3, 0.4) is 0 Å². The Morgan fingerprint density at radius 1 is 1.35 bits per heavy atom. The maximum Gasteiger partial charge on any atom is 0.271 e. The number of nitrogens with zero attached hydrogens (tertiary/aromatic N) is 4. The van der Waals surface area contributed by atoms with Crippen molar-refractivity contribution >= 4 is 11.6 Å². The standard InChI is InChI=1S/C19H21N5O2/c1-13-4-2-6-17-23-16(11-24(13)17)19(25)21-10-15-7-8-20-18(22-15)14-5-3-9-26-12-14/h2,4,6-8,11,14H,3,5,9-10,12H2,1H3,(H,21,25). The highest BCUT2D eigenvalue weighted by atomic mass is 16.5. The van der Waals surface area contributed by atoms with Crippen LogP contribution in [-0.2, 0) is 11.3 Å². The van der Waals surface area contributed by atoms with Crippen LogP contribution < -0.4 is 5.32 Å². The van der Waals surface area contributed by atoms with E-state index in [4.69, 9.17) is 4.74 Å². The molecule has 134 valence electrons. The van der Waals surface area contributed by atoms with Gasteiger partial charge in [-0.2, -0.15) is 0 Å². The lowest BCUT2D eigenvalue weighted by Gasteiger charge is -2.20. The summed E-state index contributed by atoms with van der Waals surface area (Å²) in [5, 5.41) is 2.89. The number of rotatable bonds is 4. The molecule has 1 amide bonds. The topological polar surface area (TPSA) is 81.4 Å². The normalized spacial score (nSPS) is 17.3. The summed E-state index contributed by atoms with van der Waals surface area (Å²) in [5.74, 6) is 0.815. The maximum absolute atomic E-state index is 12.4. The Morgan fingerprint density at radius 2 is 2.27 bits per heavy atom. The van der Waals surface area contributed by atoms with Crippen molar-refractivity contribution in [1.29, 1.82) is 0 Å². The zero-order chi connectivity index (χ0) is 17.9. The lowest BCUT2D eigenvalue weighted by molar-refractivity contribution is 0.0779. The highest BCUT2D eigenvalue weighted by Gasteiger charge is 2.19. The van der Waals surface area contributed by atoms with E-state index in [9.17, 15) is 4.79 Å². The SMILES string of the molecule is Cc1cccc2nc(C(=O)NCc3ccnc(C4CCCOC4)n3)cn12. The smallest absolute Gasteiger partial charge is 0.271 e. The van der Waals surface area contributed by atoms with E-state index in [1.807, 2.05) is 35.6 Å². The molecule has 4 heterocycles. The maximum atomic E-state index is 12.4. The highest BCUT2D eigenvalue weighted by molar-refractivity contribution is 5.92. The largest absolute Gasteiger partial charge is 0.381 e. The van der Waals surface area contributed by atoms with Gasteiger partial charge in [0.2, 0.25) is 0 Å². The monoisotopic (exact) mass is 351 g/mol. The van der Waals surface area contributed by atoms with Crippen molar-refractivity contribution in [3.8, 4) is 0 Å². The number of fused-ring (bicyclic) bond motifs is 1. The third-order valence-electron chi connectivity index (χ3n) is 4.62. The van der Waals surface area contributed by atoms with Gasteiger partial charge in [-0.1, -0.05) is 6.07 Å². The predicted molar refractivity (Wildman–Crippen MR) is 95.9 cm³/mol. The summed E-state index contributed by atoms with van der Waals surface area (Å²) < 4.78 is 7.41. The molecule has 3 aromatic rings. The zero-order valence-corrected chi connectivity index (χ0v) is 14.7. The first-order chi connectivity index (χ1) is 12.7. The van der Waals surface area contributed by atoms with E-state index in [0.717, 1.165) is 42.3 Å². The molecule has 0 radical (unpaired) electrons. The summed E-state index contributed by atoms with van der Waals surface area (Å²) in [6.07, 6.45) is 5.57. The van der Waals surface area contributed by atoms with Gasteiger partial charge in [-0.3, -0.25) is 4.79 Å². The van der Waals surface area contributed by atoms with E-state index in [-0.39, 0.29) is 11.8 Å². The number of aryl methyl sites for hydroxylation is 1. The fraction of sp³-hybridized carbons (Fsp3) is 0.368. The van der Waals surface area contributed by atoms with Crippen LogP contribution in [0.15, 0.2) is 36.7 Å². The summed E-state index contributed by atoms with van der Waals surface area (Å²) in [6.45, 7) is 3.80. The summed E-state index contributed by atoms with van der Waals surface area (Å²) in [4.78, 5) is 25.8. The van der Waals surface area contributed by atoms with Crippen molar-refractivity contribution in [1.82, 2.24) is 24.7 Å². The van der Waals surface area contributed by atoms with Gasteiger partial charge in [-0.05, 0) is 38.0 Å². The van der Waals surface area contributed by atoms with Gasteiger partial charge in [0.15, 0.2) is 0 Å². The molecule has 0 bridgehead atoms. The average Bonchev–Trinajstić information content (AvgIpc) is 3.13. The molecule has 4 rings (SSSR count). The molecular formula is C19H21N5O2. The van der Waals surface area contributed by atoms with Crippen LogP contribution in [0.25, 0.3) is 5.65 Å². The quantitative estimate of drug-likeness (QED) is 0.780. The number of hydrogen-bond donors (Lipinski definition) is 1. The van der Waals surface area contributed by atoms with Crippen LogP contribution in [0.2, 0.25) is 0 Å². The second kappa shape index (κ2) is 7.21. The van der Waals surface area contributed by atoms with Gasteiger partial charge in [-0.15, -0.1) is 0 Å². The lowest BCUT2D eigenvalue weighted by Crippen LogP contribution is -2.24. The van der Waals surface area contributed by atoms with Crippen LogP contribution in [0, 0.1) is 6.92 Å². The first-order valence-corrected chi connectivity index (χ1v) is 8.83. The Bertz CT molecular complexity index is 931. The second-order valence-corrected chi connectivity index (χ2v) is 6.52. The Labute approximate surface area is 151 Å². The third-order valence-corrected chi connectivity index (χ3v) is 4.62. The fourth-order valence-corrected chi connectivity index (χ4v) is 3.17. The molecule has 0 aliphatic carbocycles. The number of carbonyl (C=O) groups is 1. The number of imidazole rings is 1. The number of ether oxygens (including phenoxy) is 1. The van der Waals surface area contributed by atoms with Crippen LogP contribution in [0.1, 0.15) is 46.5 Å². The number of aromatic nitrogens is 4. The molecule has 0 spiro atoms. The second-order valence-electron chi connectivity index (χ2n) is 6.52. The average molecular weight is 351 g/mol. The number of carbonyl (C=O) groups excluding carboxylic acids is 1. The molecule has 3 aromatic heterocycles. The van der Waals surface area contributed by atoms with Crippen LogP contribution in [0.4, 0.5) is 0 Å². The van der Waals surface area contributed by atoms with Crippen molar-refractivity contribution in [2.45, 2.75) is 32.2 Å². The number of nitrogens with one attached hydrogen (secondary N) is 1. The zero-order valence-electron chi connectivity index (χ0n) is 14.7. The van der Waals surface area contributed by atoms with E-state index in [1.165, 1.54) is 0 Å². The Kier molecular flexibility index (Phi) is 4.62. The lowest BCUT2D eigenvalue weighted by atomic mass is 10.0. The molecule has 1 unspecified atom stereocenters. The summed E-state index contributed by atoms with van der Waals surface area (Å²) in [6, 6.07) is 7.61. The van der Waals surface area contributed by atoms with Gasteiger partial charge in [-0.25, -0.2) is 15.0 Å². The Morgan fingerprint density at radius 3 is 3.08 bits per heavy atom. The minimum absolute atomic E-state index is 0.214. The van der Waals surface area contributed by atoms with Crippen molar-refractivity contribution in [2.24, 2.45) is 0 Å². The van der Waals surface area contributed by atoms with Gasteiger partial charge in [0, 0.05) is 30.6 Å². The van der Waals surface area contributed by atoms with Crippen LogP contribution in [-0.4, -0.2) is 38.5 Å². The van der Waals surface area contributed by atoms with E-state index in [0.29, 0.717) is 18.8 Å². The van der Waals surface area contributed by atoms with Crippen molar-refractivity contribution in [2.75, 3.05) is 13.2 Å². The van der Waals surface area contributed by atoms with Crippen LogP contribution >= 0.6 is 0 Å².